The largest absolute Gasteiger partial charge is 0.459 e. The van der Waals surface area contributed by atoms with Crippen molar-refractivity contribution in [3.63, 3.8) is 0 Å². The van der Waals surface area contributed by atoms with Gasteiger partial charge >= 0.3 is 0 Å². The lowest BCUT2D eigenvalue weighted by atomic mass is 9.96. The molecule has 2 fully saturated rings. The van der Waals surface area contributed by atoms with E-state index in [4.69, 9.17) is 8.83 Å². The Labute approximate surface area is 122 Å². The molecule has 0 unspecified atom stereocenters. The van der Waals surface area contributed by atoms with E-state index in [2.05, 4.69) is 10.2 Å². The summed E-state index contributed by atoms with van der Waals surface area (Å²) in [5, 5.41) is 8.32. The molecule has 1 aliphatic carbocycles. The molecule has 6 heteroatoms. The van der Waals surface area contributed by atoms with Crippen LogP contribution in [0, 0.1) is 0 Å². The third-order valence-electron chi connectivity index (χ3n) is 4.25. The zero-order chi connectivity index (χ0) is 14.2. The molecule has 21 heavy (non-hydrogen) atoms. The van der Waals surface area contributed by atoms with Gasteiger partial charge in [0.1, 0.15) is 0 Å². The van der Waals surface area contributed by atoms with Crippen LogP contribution >= 0.6 is 0 Å². The molecule has 1 aliphatic heterocycles. The van der Waals surface area contributed by atoms with Gasteiger partial charge in [-0.3, -0.25) is 4.79 Å². The van der Waals surface area contributed by atoms with Crippen LogP contribution < -0.4 is 0 Å². The fourth-order valence-electron chi connectivity index (χ4n) is 2.79. The van der Waals surface area contributed by atoms with Gasteiger partial charge in [0.15, 0.2) is 5.76 Å². The highest BCUT2D eigenvalue weighted by Crippen LogP contribution is 2.40. The molecular formula is C15H17N3O3. The monoisotopic (exact) mass is 287 g/mol. The van der Waals surface area contributed by atoms with Crippen molar-refractivity contribution >= 4 is 5.91 Å². The maximum atomic E-state index is 12.2. The van der Waals surface area contributed by atoms with Gasteiger partial charge in [-0.15, -0.1) is 10.2 Å². The molecular weight excluding hydrogens is 270 g/mol. The number of rotatable bonds is 3. The minimum atomic E-state index is -0.0392. The zero-order valence-electron chi connectivity index (χ0n) is 11.7. The van der Waals surface area contributed by atoms with Crippen LogP contribution in [0.15, 0.2) is 27.2 Å². The summed E-state index contributed by atoms with van der Waals surface area (Å²) in [4.78, 5) is 14.0. The molecule has 2 aliphatic rings. The molecule has 1 saturated heterocycles. The van der Waals surface area contributed by atoms with Crippen molar-refractivity contribution in [3.8, 4) is 0 Å². The average Bonchev–Trinajstić information content (AvgIpc) is 3.05. The van der Waals surface area contributed by atoms with E-state index in [1.54, 1.807) is 12.1 Å². The van der Waals surface area contributed by atoms with Crippen LogP contribution in [-0.2, 0) is 0 Å². The Morgan fingerprint density at radius 3 is 2.33 bits per heavy atom. The summed E-state index contributed by atoms with van der Waals surface area (Å²) >= 11 is 0. The Morgan fingerprint density at radius 1 is 1.10 bits per heavy atom. The Morgan fingerprint density at radius 2 is 1.76 bits per heavy atom. The molecule has 2 aromatic heterocycles. The van der Waals surface area contributed by atoms with Gasteiger partial charge in [0.25, 0.3) is 5.91 Å². The molecule has 110 valence electrons. The first-order chi connectivity index (χ1) is 10.3. The maximum Gasteiger partial charge on any atom is 0.289 e. The molecule has 1 saturated carbocycles. The molecule has 0 N–H and O–H groups in total. The van der Waals surface area contributed by atoms with Crippen LogP contribution in [0.3, 0.4) is 0 Å². The Hall–Kier alpha value is -2.11. The van der Waals surface area contributed by atoms with E-state index >= 15 is 0 Å². The smallest absolute Gasteiger partial charge is 0.289 e. The quantitative estimate of drug-likeness (QED) is 0.867. The number of piperidine rings is 1. The summed E-state index contributed by atoms with van der Waals surface area (Å²) < 4.78 is 10.9. The number of likely N-dealkylation sites (tertiary alicyclic amines) is 1. The van der Waals surface area contributed by atoms with Gasteiger partial charge in [-0.2, -0.15) is 0 Å². The number of hydrogen-bond acceptors (Lipinski definition) is 5. The van der Waals surface area contributed by atoms with Crippen molar-refractivity contribution in [1.29, 1.82) is 0 Å². The number of furan rings is 1. The molecule has 3 heterocycles. The summed E-state index contributed by atoms with van der Waals surface area (Å²) in [5.41, 5.74) is 0. The summed E-state index contributed by atoms with van der Waals surface area (Å²) in [6, 6.07) is 3.44. The minimum absolute atomic E-state index is 0.0392. The predicted octanol–water partition coefficient (Wildman–Crippen LogP) is 2.56. The van der Waals surface area contributed by atoms with E-state index in [0.29, 0.717) is 24.8 Å². The first kappa shape index (κ1) is 12.6. The van der Waals surface area contributed by atoms with Crippen molar-refractivity contribution in [1.82, 2.24) is 15.1 Å². The van der Waals surface area contributed by atoms with Crippen LogP contribution in [-0.4, -0.2) is 34.1 Å². The number of hydrogen-bond donors (Lipinski definition) is 0. The molecule has 4 rings (SSSR count). The van der Waals surface area contributed by atoms with Gasteiger partial charge in [0.2, 0.25) is 11.8 Å². The molecule has 0 bridgehead atoms. The third kappa shape index (κ3) is 2.46. The van der Waals surface area contributed by atoms with E-state index < -0.39 is 0 Å². The predicted molar refractivity (Wildman–Crippen MR) is 72.9 cm³/mol. The fraction of sp³-hybridized carbons (Fsp3) is 0.533. The van der Waals surface area contributed by atoms with Crippen LogP contribution in [0.25, 0.3) is 0 Å². The number of nitrogens with zero attached hydrogens (tertiary/aromatic N) is 3. The number of aromatic nitrogens is 2. The lowest BCUT2D eigenvalue weighted by Gasteiger charge is -2.29. The van der Waals surface area contributed by atoms with Gasteiger partial charge in [-0.25, -0.2) is 0 Å². The van der Waals surface area contributed by atoms with Crippen molar-refractivity contribution in [2.24, 2.45) is 0 Å². The fourth-order valence-corrected chi connectivity index (χ4v) is 2.79. The van der Waals surface area contributed by atoms with Crippen molar-refractivity contribution in [3.05, 3.63) is 35.9 Å². The summed E-state index contributed by atoms with van der Waals surface area (Å²) in [7, 11) is 0. The lowest BCUT2D eigenvalue weighted by molar-refractivity contribution is 0.0674. The van der Waals surface area contributed by atoms with Gasteiger partial charge in [-0.1, -0.05) is 0 Å². The molecule has 0 atom stereocenters. The third-order valence-corrected chi connectivity index (χ3v) is 4.25. The van der Waals surface area contributed by atoms with Gasteiger partial charge in [-0.05, 0) is 37.8 Å². The molecule has 0 radical (unpaired) electrons. The molecule has 6 nitrogen and oxygen atoms in total. The van der Waals surface area contributed by atoms with E-state index in [1.165, 1.54) is 6.26 Å². The van der Waals surface area contributed by atoms with E-state index in [0.717, 1.165) is 37.5 Å². The maximum absolute atomic E-state index is 12.2. The Bertz CT molecular complexity index is 622. The normalized spacial score (nSPS) is 19.9. The second-order valence-corrected chi connectivity index (χ2v) is 5.80. The van der Waals surface area contributed by atoms with Crippen molar-refractivity contribution in [2.75, 3.05) is 13.1 Å². The molecule has 1 amide bonds. The topological polar surface area (TPSA) is 72.4 Å². The first-order valence-corrected chi connectivity index (χ1v) is 7.47. The van der Waals surface area contributed by atoms with Crippen molar-refractivity contribution < 1.29 is 13.6 Å². The van der Waals surface area contributed by atoms with Gasteiger partial charge in [0.05, 0.1) is 6.26 Å². The highest BCUT2D eigenvalue weighted by atomic mass is 16.4. The minimum Gasteiger partial charge on any atom is -0.459 e. The van der Waals surface area contributed by atoms with Crippen LogP contribution in [0.4, 0.5) is 0 Å². The molecule has 0 aromatic carbocycles. The van der Waals surface area contributed by atoms with E-state index in [-0.39, 0.29) is 11.8 Å². The average molecular weight is 287 g/mol. The van der Waals surface area contributed by atoms with Gasteiger partial charge in [0, 0.05) is 24.9 Å². The number of carbonyl (C=O) groups is 1. The summed E-state index contributed by atoms with van der Waals surface area (Å²) in [5.74, 6) is 2.66. The first-order valence-electron chi connectivity index (χ1n) is 7.47. The highest BCUT2D eigenvalue weighted by molar-refractivity contribution is 5.91. The van der Waals surface area contributed by atoms with E-state index in [1.807, 2.05) is 4.90 Å². The SMILES string of the molecule is O=C(c1ccco1)N1CCC(c2nnc(C3CC3)o2)CC1. The molecule has 0 spiro atoms. The number of carbonyl (C=O) groups excluding carboxylic acids is 1. The molecule has 2 aromatic rings. The zero-order valence-corrected chi connectivity index (χ0v) is 11.7. The highest BCUT2D eigenvalue weighted by Gasteiger charge is 2.32. The second-order valence-electron chi connectivity index (χ2n) is 5.80. The van der Waals surface area contributed by atoms with Gasteiger partial charge < -0.3 is 13.7 Å². The Kier molecular flexibility index (Phi) is 3.02. The van der Waals surface area contributed by atoms with Crippen LogP contribution in [0.1, 0.15) is 59.9 Å². The lowest BCUT2D eigenvalue weighted by Crippen LogP contribution is -2.37. The summed E-state index contributed by atoms with van der Waals surface area (Å²) in [6.45, 7) is 1.40. The van der Waals surface area contributed by atoms with Crippen molar-refractivity contribution in [2.45, 2.75) is 37.5 Å². The second kappa shape index (κ2) is 5.02. The Balaban J connectivity index is 1.38. The number of amides is 1. The summed E-state index contributed by atoms with van der Waals surface area (Å²) in [6.07, 6.45) is 5.57. The standard InChI is InChI=1S/C15H17N3O3/c19-15(12-2-1-9-20-12)18-7-5-11(6-8-18)14-17-16-13(21-14)10-3-4-10/h1-2,9-11H,3-8H2. The van der Waals surface area contributed by atoms with E-state index in [9.17, 15) is 4.79 Å². The van der Waals surface area contributed by atoms with Crippen LogP contribution in [0.2, 0.25) is 0 Å². The van der Waals surface area contributed by atoms with Crippen LogP contribution in [0.5, 0.6) is 0 Å².